The first-order valence-corrected chi connectivity index (χ1v) is 7.38. The lowest BCUT2D eigenvalue weighted by Crippen LogP contribution is -2.50. The predicted octanol–water partition coefficient (Wildman–Crippen LogP) is 1.12. The van der Waals surface area contributed by atoms with E-state index in [-0.39, 0.29) is 0 Å². The maximum absolute atomic E-state index is 5.93. The molecule has 0 amide bonds. The third-order valence-electron chi connectivity index (χ3n) is 4.26. The Morgan fingerprint density at radius 2 is 2.25 bits per heavy atom. The van der Waals surface area contributed by atoms with Gasteiger partial charge in [0, 0.05) is 33.3 Å². The minimum absolute atomic E-state index is 0.330. The Balaban J connectivity index is 1.61. The molecular weight excluding hydrogens is 256 g/mol. The van der Waals surface area contributed by atoms with Gasteiger partial charge in [-0.15, -0.1) is 0 Å². The average Bonchev–Trinajstić information content (AvgIpc) is 3.03. The van der Waals surface area contributed by atoms with Crippen LogP contribution in [0.4, 0.5) is 0 Å². The second kappa shape index (κ2) is 6.26. The highest BCUT2D eigenvalue weighted by molar-refractivity contribution is 5.06. The van der Waals surface area contributed by atoms with Gasteiger partial charge in [-0.25, -0.2) is 0 Å². The number of morpholine rings is 1. The van der Waals surface area contributed by atoms with Crippen molar-refractivity contribution in [3.05, 3.63) is 23.7 Å². The summed E-state index contributed by atoms with van der Waals surface area (Å²) in [5, 5.41) is 0. The van der Waals surface area contributed by atoms with Crippen LogP contribution in [0.3, 0.4) is 0 Å². The van der Waals surface area contributed by atoms with E-state index in [1.54, 1.807) is 7.11 Å². The molecule has 2 aliphatic rings. The molecule has 0 unspecified atom stereocenters. The summed E-state index contributed by atoms with van der Waals surface area (Å²) in [6.45, 7) is 8.54. The standard InChI is InChI=1S/C15H24N2O3/c1-12-3-4-13(20-12)9-17-6-8-19-15-11-16(5-7-18-2)10-14(15)17/h3-4,14-15H,5-11H2,1-2H3/t14-,15+/m1/s1. The van der Waals surface area contributed by atoms with Crippen molar-refractivity contribution in [2.75, 3.05) is 46.5 Å². The van der Waals surface area contributed by atoms with Crippen molar-refractivity contribution in [3.8, 4) is 0 Å². The van der Waals surface area contributed by atoms with E-state index in [1.165, 1.54) is 0 Å². The molecule has 0 spiro atoms. The quantitative estimate of drug-likeness (QED) is 0.808. The number of rotatable bonds is 5. The van der Waals surface area contributed by atoms with E-state index >= 15 is 0 Å². The van der Waals surface area contributed by atoms with Gasteiger partial charge in [0.1, 0.15) is 11.5 Å². The highest BCUT2D eigenvalue weighted by Crippen LogP contribution is 2.24. The molecule has 0 aromatic carbocycles. The Bertz CT molecular complexity index is 435. The average molecular weight is 280 g/mol. The van der Waals surface area contributed by atoms with Crippen molar-refractivity contribution in [3.63, 3.8) is 0 Å². The number of furan rings is 1. The van der Waals surface area contributed by atoms with E-state index in [4.69, 9.17) is 13.9 Å². The third-order valence-corrected chi connectivity index (χ3v) is 4.26. The minimum Gasteiger partial charge on any atom is -0.465 e. The van der Waals surface area contributed by atoms with Gasteiger partial charge in [-0.05, 0) is 19.1 Å². The first-order valence-electron chi connectivity index (χ1n) is 7.38. The van der Waals surface area contributed by atoms with E-state index < -0.39 is 0 Å². The summed E-state index contributed by atoms with van der Waals surface area (Å²) in [5.74, 6) is 2.04. The molecule has 20 heavy (non-hydrogen) atoms. The van der Waals surface area contributed by atoms with Crippen molar-refractivity contribution < 1.29 is 13.9 Å². The van der Waals surface area contributed by atoms with E-state index in [1.807, 2.05) is 13.0 Å². The summed E-state index contributed by atoms with van der Waals surface area (Å²) in [5.41, 5.74) is 0. The lowest BCUT2D eigenvalue weighted by Gasteiger charge is -2.36. The molecule has 0 N–H and O–H groups in total. The normalized spacial score (nSPS) is 27.9. The van der Waals surface area contributed by atoms with Gasteiger partial charge in [-0.3, -0.25) is 9.80 Å². The lowest BCUT2D eigenvalue weighted by atomic mass is 10.1. The molecule has 2 atom stereocenters. The van der Waals surface area contributed by atoms with E-state index in [0.29, 0.717) is 12.1 Å². The van der Waals surface area contributed by atoms with Gasteiger partial charge in [0.05, 0.1) is 31.9 Å². The monoisotopic (exact) mass is 280 g/mol. The van der Waals surface area contributed by atoms with Crippen molar-refractivity contribution >= 4 is 0 Å². The smallest absolute Gasteiger partial charge is 0.118 e. The van der Waals surface area contributed by atoms with E-state index in [2.05, 4.69) is 15.9 Å². The van der Waals surface area contributed by atoms with Gasteiger partial charge in [0.25, 0.3) is 0 Å². The molecule has 0 radical (unpaired) electrons. The Labute approximate surface area is 120 Å². The minimum atomic E-state index is 0.330. The van der Waals surface area contributed by atoms with Crippen LogP contribution in [0.5, 0.6) is 0 Å². The zero-order valence-electron chi connectivity index (χ0n) is 12.4. The van der Waals surface area contributed by atoms with Crippen molar-refractivity contribution in [1.82, 2.24) is 9.80 Å². The van der Waals surface area contributed by atoms with Gasteiger partial charge in [0.2, 0.25) is 0 Å². The molecule has 2 saturated heterocycles. The largest absolute Gasteiger partial charge is 0.465 e. The third kappa shape index (κ3) is 3.06. The molecule has 2 fully saturated rings. The van der Waals surface area contributed by atoms with Crippen LogP contribution in [0.1, 0.15) is 11.5 Å². The maximum atomic E-state index is 5.93. The number of likely N-dealkylation sites (tertiary alicyclic amines) is 1. The molecule has 1 aromatic rings. The molecule has 2 aliphatic heterocycles. The Morgan fingerprint density at radius 3 is 3.00 bits per heavy atom. The summed E-state index contributed by atoms with van der Waals surface area (Å²) >= 11 is 0. The molecule has 5 heteroatoms. The van der Waals surface area contributed by atoms with Crippen LogP contribution in [0.2, 0.25) is 0 Å². The Kier molecular flexibility index (Phi) is 4.41. The first kappa shape index (κ1) is 14.1. The first-order chi connectivity index (χ1) is 9.76. The van der Waals surface area contributed by atoms with E-state index in [0.717, 1.165) is 57.5 Å². The second-order valence-corrected chi connectivity index (χ2v) is 5.71. The van der Waals surface area contributed by atoms with Crippen LogP contribution >= 0.6 is 0 Å². The number of ether oxygens (including phenoxy) is 2. The highest BCUT2D eigenvalue weighted by atomic mass is 16.5. The molecular formula is C15H24N2O3. The van der Waals surface area contributed by atoms with Gasteiger partial charge >= 0.3 is 0 Å². The Hall–Kier alpha value is -0.880. The van der Waals surface area contributed by atoms with Crippen LogP contribution in [0, 0.1) is 6.92 Å². The summed E-state index contributed by atoms with van der Waals surface area (Å²) < 4.78 is 16.8. The number of fused-ring (bicyclic) bond motifs is 1. The van der Waals surface area contributed by atoms with Crippen molar-refractivity contribution in [2.24, 2.45) is 0 Å². The second-order valence-electron chi connectivity index (χ2n) is 5.71. The number of methoxy groups -OCH3 is 1. The molecule has 0 aliphatic carbocycles. The predicted molar refractivity (Wildman–Crippen MR) is 75.7 cm³/mol. The van der Waals surface area contributed by atoms with Crippen molar-refractivity contribution in [1.29, 1.82) is 0 Å². The van der Waals surface area contributed by atoms with Crippen LogP contribution in [-0.4, -0.2) is 68.4 Å². The van der Waals surface area contributed by atoms with Gasteiger partial charge in [0.15, 0.2) is 0 Å². The molecule has 5 nitrogen and oxygen atoms in total. The maximum Gasteiger partial charge on any atom is 0.118 e. The number of hydrogen-bond donors (Lipinski definition) is 0. The zero-order valence-corrected chi connectivity index (χ0v) is 12.4. The van der Waals surface area contributed by atoms with Gasteiger partial charge < -0.3 is 13.9 Å². The summed E-state index contributed by atoms with van der Waals surface area (Å²) in [7, 11) is 1.76. The van der Waals surface area contributed by atoms with Crippen LogP contribution < -0.4 is 0 Å². The van der Waals surface area contributed by atoms with Crippen LogP contribution in [-0.2, 0) is 16.0 Å². The van der Waals surface area contributed by atoms with E-state index in [9.17, 15) is 0 Å². The molecule has 3 rings (SSSR count). The van der Waals surface area contributed by atoms with Crippen LogP contribution in [0.25, 0.3) is 0 Å². The summed E-state index contributed by atoms with van der Waals surface area (Å²) in [4.78, 5) is 4.93. The Morgan fingerprint density at radius 1 is 1.35 bits per heavy atom. The fourth-order valence-electron chi connectivity index (χ4n) is 3.20. The fraction of sp³-hybridized carbons (Fsp3) is 0.733. The number of aryl methyl sites for hydroxylation is 1. The lowest BCUT2D eigenvalue weighted by molar-refractivity contribution is -0.0523. The zero-order chi connectivity index (χ0) is 13.9. The molecule has 3 heterocycles. The molecule has 112 valence electrons. The molecule has 0 bridgehead atoms. The van der Waals surface area contributed by atoms with Gasteiger partial charge in [-0.2, -0.15) is 0 Å². The topological polar surface area (TPSA) is 38.1 Å². The summed E-state index contributed by atoms with van der Waals surface area (Å²) in [6.07, 6.45) is 0.330. The molecule has 1 aromatic heterocycles. The van der Waals surface area contributed by atoms with Crippen molar-refractivity contribution in [2.45, 2.75) is 25.6 Å². The summed E-state index contributed by atoms with van der Waals surface area (Å²) in [6, 6.07) is 4.59. The van der Waals surface area contributed by atoms with Gasteiger partial charge in [-0.1, -0.05) is 0 Å². The molecule has 0 saturated carbocycles. The number of hydrogen-bond acceptors (Lipinski definition) is 5. The van der Waals surface area contributed by atoms with Crippen LogP contribution in [0.15, 0.2) is 16.5 Å². The SMILES string of the molecule is COCCN1C[C@@H]2OCCN(Cc3ccc(C)o3)[C@@H]2C1. The number of nitrogens with zero attached hydrogens (tertiary/aromatic N) is 2. The highest BCUT2D eigenvalue weighted by Gasteiger charge is 2.39. The fourth-order valence-corrected chi connectivity index (χ4v) is 3.20.